The van der Waals surface area contributed by atoms with Crippen molar-refractivity contribution in [3.63, 3.8) is 0 Å². The van der Waals surface area contributed by atoms with Crippen LogP contribution >= 0.6 is 11.3 Å². The average Bonchev–Trinajstić information content (AvgIpc) is 3.12. The molecule has 4 nitrogen and oxygen atoms in total. The molecular formula is C15H16N2O2S. The van der Waals surface area contributed by atoms with E-state index in [-0.39, 0.29) is 6.04 Å². The van der Waals surface area contributed by atoms with Crippen molar-refractivity contribution in [1.29, 1.82) is 0 Å². The fourth-order valence-electron chi connectivity index (χ4n) is 2.87. The maximum Gasteiger partial charge on any atom is 0.320 e. The van der Waals surface area contributed by atoms with Gasteiger partial charge in [-0.05, 0) is 35.9 Å². The molecule has 0 aromatic carbocycles. The summed E-state index contributed by atoms with van der Waals surface area (Å²) in [5.74, 6) is -0.729. The summed E-state index contributed by atoms with van der Waals surface area (Å²) >= 11 is 1.66. The third-order valence-electron chi connectivity index (χ3n) is 3.72. The molecule has 1 fully saturated rings. The molecule has 0 amide bonds. The van der Waals surface area contributed by atoms with E-state index in [4.69, 9.17) is 0 Å². The number of hydrogen-bond acceptors (Lipinski definition) is 4. The summed E-state index contributed by atoms with van der Waals surface area (Å²) in [6, 6.07) is 7.60. The van der Waals surface area contributed by atoms with Gasteiger partial charge in [-0.2, -0.15) is 0 Å². The van der Waals surface area contributed by atoms with Gasteiger partial charge in [0.2, 0.25) is 0 Å². The van der Waals surface area contributed by atoms with E-state index in [1.807, 2.05) is 29.8 Å². The highest BCUT2D eigenvalue weighted by atomic mass is 32.1. The molecule has 1 aliphatic heterocycles. The maximum absolute atomic E-state index is 11.5. The lowest BCUT2D eigenvalue weighted by atomic mass is 10.0. The predicted octanol–water partition coefficient (Wildman–Crippen LogP) is 2.78. The number of pyridine rings is 1. The highest BCUT2D eigenvalue weighted by molar-refractivity contribution is 7.10. The van der Waals surface area contributed by atoms with Crippen LogP contribution in [0.15, 0.2) is 42.0 Å². The van der Waals surface area contributed by atoms with E-state index < -0.39 is 12.0 Å². The van der Waals surface area contributed by atoms with E-state index in [2.05, 4.69) is 16.0 Å². The molecular weight excluding hydrogens is 272 g/mol. The number of aromatic nitrogens is 1. The Balaban J connectivity index is 2.00. The second-order valence-corrected chi connectivity index (χ2v) is 5.92. The van der Waals surface area contributed by atoms with E-state index in [1.165, 1.54) is 4.88 Å². The number of carboxylic acids is 1. The molecule has 0 radical (unpaired) electrons. The normalized spacial score (nSPS) is 20.9. The molecule has 2 atom stereocenters. The number of nitrogens with zero attached hydrogens (tertiary/aromatic N) is 2. The van der Waals surface area contributed by atoms with Gasteiger partial charge in [0.05, 0.1) is 6.04 Å². The Morgan fingerprint density at radius 1 is 1.45 bits per heavy atom. The molecule has 1 N–H and O–H groups in total. The van der Waals surface area contributed by atoms with E-state index >= 15 is 0 Å². The van der Waals surface area contributed by atoms with Gasteiger partial charge in [0.1, 0.15) is 6.04 Å². The van der Waals surface area contributed by atoms with Crippen LogP contribution in [-0.2, 0) is 4.79 Å². The quantitative estimate of drug-likeness (QED) is 0.940. The van der Waals surface area contributed by atoms with Gasteiger partial charge in [0.15, 0.2) is 0 Å². The lowest BCUT2D eigenvalue weighted by molar-refractivity contribution is -0.142. The minimum absolute atomic E-state index is 0.00713. The van der Waals surface area contributed by atoms with Gasteiger partial charge in [-0.15, -0.1) is 11.3 Å². The standard InChI is InChI=1S/C15H16N2O2S/c18-15(19)12-5-2-8-17(12)14(13-6-3-9-20-13)11-4-1-7-16-10-11/h1,3-4,6-7,9-10,12,14H,2,5,8H2,(H,18,19). The van der Waals surface area contributed by atoms with Gasteiger partial charge in [-0.3, -0.25) is 14.7 Å². The molecule has 2 aromatic rings. The number of aliphatic carboxylic acids is 1. The van der Waals surface area contributed by atoms with E-state index in [0.29, 0.717) is 0 Å². The fraction of sp³-hybridized carbons (Fsp3) is 0.333. The zero-order chi connectivity index (χ0) is 13.9. The van der Waals surface area contributed by atoms with Crippen LogP contribution in [0.1, 0.15) is 29.3 Å². The molecule has 20 heavy (non-hydrogen) atoms. The van der Waals surface area contributed by atoms with Crippen LogP contribution in [0.5, 0.6) is 0 Å². The first kappa shape index (κ1) is 13.3. The Morgan fingerprint density at radius 3 is 3.00 bits per heavy atom. The van der Waals surface area contributed by atoms with Gasteiger partial charge in [0, 0.05) is 23.8 Å². The Kier molecular flexibility index (Phi) is 3.80. The molecule has 1 saturated heterocycles. The van der Waals surface area contributed by atoms with E-state index in [9.17, 15) is 9.90 Å². The van der Waals surface area contributed by atoms with E-state index in [1.54, 1.807) is 17.5 Å². The van der Waals surface area contributed by atoms with Gasteiger partial charge < -0.3 is 5.11 Å². The molecule has 3 heterocycles. The van der Waals surface area contributed by atoms with Gasteiger partial charge in [-0.1, -0.05) is 12.1 Å². The molecule has 0 spiro atoms. The van der Waals surface area contributed by atoms with Crippen molar-refractivity contribution in [2.24, 2.45) is 0 Å². The highest BCUT2D eigenvalue weighted by Gasteiger charge is 2.37. The Morgan fingerprint density at radius 2 is 2.35 bits per heavy atom. The summed E-state index contributed by atoms with van der Waals surface area (Å²) in [7, 11) is 0. The lowest BCUT2D eigenvalue weighted by Gasteiger charge is -2.30. The van der Waals surface area contributed by atoms with Crippen molar-refractivity contribution in [2.45, 2.75) is 24.9 Å². The largest absolute Gasteiger partial charge is 0.480 e. The summed E-state index contributed by atoms with van der Waals surface area (Å²) in [6.45, 7) is 0.814. The summed E-state index contributed by atoms with van der Waals surface area (Å²) in [5, 5.41) is 11.5. The SMILES string of the molecule is O=C(O)C1CCCN1C(c1cccnc1)c1cccs1. The molecule has 1 aliphatic rings. The second kappa shape index (κ2) is 5.73. The summed E-state index contributed by atoms with van der Waals surface area (Å²) in [4.78, 5) is 18.9. The molecule has 2 aromatic heterocycles. The first-order valence-corrected chi connectivity index (χ1v) is 7.57. The number of hydrogen-bond donors (Lipinski definition) is 1. The van der Waals surface area contributed by atoms with Crippen LogP contribution in [0.3, 0.4) is 0 Å². The smallest absolute Gasteiger partial charge is 0.320 e. The van der Waals surface area contributed by atoms with Gasteiger partial charge in [0.25, 0.3) is 0 Å². The minimum Gasteiger partial charge on any atom is -0.480 e. The Labute approximate surface area is 121 Å². The van der Waals surface area contributed by atoms with E-state index in [0.717, 1.165) is 24.9 Å². The topological polar surface area (TPSA) is 53.4 Å². The molecule has 0 aliphatic carbocycles. The predicted molar refractivity (Wildman–Crippen MR) is 77.8 cm³/mol. The van der Waals surface area contributed by atoms with Gasteiger partial charge >= 0.3 is 5.97 Å². The number of rotatable bonds is 4. The van der Waals surface area contributed by atoms with Crippen LogP contribution in [-0.4, -0.2) is 33.5 Å². The first-order chi connectivity index (χ1) is 9.77. The van der Waals surface area contributed by atoms with Crippen molar-refractivity contribution in [2.75, 3.05) is 6.54 Å². The van der Waals surface area contributed by atoms with Crippen LogP contribution in [0, 0.1) is 0 Å². The zero-order valence-corrected chi connectivity index (χ0v) is 11.8. The zero-order valence-electron chi connectivity index (χ0n) is 11.0. The fourth-order valence-corrected chi connectivity index (χ4v) is 3.74. The number of thiophene rings is 1. The van der Waals surface area contributed by atoms with Crippen molar-refractivity contribution in [1.82, 2.24) is 9.88 Å². The van der Waals surface area contributed by atoms with Crippen molar-refractivity contribution in [3.05, 3.63) is 52.5 Å². The number of carbonyl (C=O) groups is 1. The van der Waals surface area contributed by atoms with Crippen molar-refractivity contribution >= 4 is 17.3 Å². The van der Waals surface area contributed by atoms with Crippen molar-refractivity contribution in [3.8, 4) is 0 Å². The summed E-state index contributed by atoms with van der Waals surface area (Å²) < 4.78 is 0. The van der Waals surface area contributed by atoms with Crippen LogP contribution in [0.4, 0.5) is 0 Å². The molecule has 0 saturated carbocycles. The van der Waals surface area contributed by atoms with Gasteiger partial charge in [-0.25, -0.2) is 0 Å². The van der Waals surface area contributed by atoms with Crippen molar-refractivity contribution < 1.29 is 9.90 Å². The molecule has 104 valence electrons. The first-order valence-electron chi connectivity index (χ1n) is 6.69. The molecule has 5 heteroatoms. The number of likely N-dealkylation sites (tertiary alicyclic amines) is 1. The Bertz CT molecular complexity index is 571. The third kappa shape index (κ3) is 2.46. The molecule has 2 unspecified atom stereocenters. The highest BCUT2D eigenvalue weighted by Crippen LogP contribution is 2.36. The summed E-state index contributed by atoms with van der Waals surface area (Å²) in [6.07, 6.45) is 5.23. The van der Waals surface area contributed by atoms with Crippen LogP contribution in [0.25, 0.3) is 0 Å². The monoisotopic (exact) mass is 288 g/mol. The van der Waals surface area contributed by atoms with Crippen LogP contribution < -0.4 is 0 Å². The third-order valence-corrected chi connectivity index (χ3v) is 4.65. The second-order valence-electron chi connectivity index (χ2n) is 4.94. The lowest BCUT2D eigenvalue weighted by Crippen LogP contribution is -2.39. The summed E-state index contributed by atoms with van der Waals surface area (Å²) in [5.41, 5.74) is 1.06. The maximum atomic E-state index is 11.5. The molecule has 0 bridgehead atoms. The number of carboxylic acid groups (broad SMARTS) is 1. The molecule has 3 rings (SSSR count). The minimum atomic E-state index is -0.729. The Hall–Kier alpha value is -1.72. The van der Waals surface area contributed by atoms with Crippen LogP contribution in [0.2, 0.25) is 0 Å². The average molecular weight is 288 g/mol.